The first kappa shape index (κ1) is 19.3. The number of carbonyl (C=O) groups is 1. The van der Waals surface area contributed by atoms with Gasteiger partial charge in [-0.3, -0.25) is 4.79 Å². The first-order valence-electron chi connectivity index (χ1n) is 9.70. The van der Waals surface area contributed by atoms with Gasteiger partial charge in [0.2, 0.25) is 0 Å². The Morgan fingerprint density at radius 1 is 1.38 bits per heavy atom. The molecule has 1 amide bonds. The minimum absolute atomic E-state index is 0.0540. The van der Waals surface area contributed by atoms with Gasteiger partial charge in [-0.2, -0.15) is 5.10 Å². The zero-order valence-electron chi connectivity index (χ0n) is 16.1. The topological polar surface area (TPSA) is 94.0 Å². The van der Waals surface area contributed by atoms with Crippen molar-refractivity contribution in [2.24, 2.45) is 0 Å². The van der Waals surface area contributed by atoms with Crippen molar-refractivity contribution in [1.29, 1.82) is 0 Å². The fraction of sp³-hybridized carbons (Fsp3) is 0.400. The summed E-state index contributed by atoms with van der Waals surface area (Å²) in [5.74, 6) is -0.448. The van der Waals surface area contributed by atoms with E-state index < -0.39 is 11.9 Å². The second-order valence-electron chi connectivity index (χ2n) is 7.01. The lowest BCUT2D eigenvalue weighted by atomic mass is 10.0. The minimum Gasteiger partial charge on any atom is -0.478 e. The van der Waals surface area contributed by atoms with Crippen LogP contribution in [0.1, 0.15) is 25.0 Å². The molecule has 1 aliphatic rings. The lowest BCUT2D eigenvalue weighted by molar-refractivity contribution is -0.127. The molecule has 29 heavy (non-hydrogen) atoms. The summed E-state index contributed by atoms with van der Waals surface area (Å²) < 4.78 is 20.9. The molecule has 3 heterocycles. The minimum atomic E-state index is -0.818. The van der Waals surface area contributed by atoms with Crippen LogP contribution in [-0.2, 0) is 11.3 Å². The molecule has 1 saturated heterocycles. The fourth-order valence-electron chi connectivity index (χ4n) is 3.46. The largest absolute Gasteiger partial charge is 0.478 e. The molecule has 1 fully saturated rings. The van der Waals surface area contributed by atoms with Crippen molar-refractivity contribution in [1.82, 2.24) is 30.4 Å². The van der Waals surface area contributed by atoms with Crippen molar-refractivity contribution >= 4 is 17.1 Å². The summed E-state index contributed by atoms with van der Waals surface area (Å²) in [6.07, 6.45) is 3.51. The van der Waals surface area contributed by atoms with Crippen molar-refractivity contribution in [3.8, 4) is 5.75 Å². The van der Waals surface area contributed by atoms with Crippen LogP contribution in [0.15, 0.2) is 36.7 Å². The van der Waals surface area contributed by atoms with E-state index in [0.29, 0.717) is 24.7 Å². The van der Waals surface area contributed by atoms with E-state index in [2.05, 4.69) is 20.6 Å². The number of rotatable bonds is 7. The highest BCUT2D eigenvalue weighted by Gasteiger charge is 2.24. The second kappa shape index (κ2) is 8.52. The van der Waals surface area contributed by atoms with Gasteiger partial charge in [0.05, 0.1) is 12.2 Å². The molecule has 2 aromatic heterocycles. The molecule has 0 bridgehead atoms. The van der Waals surface area contributed by atoms with E-state index in [4.69, 9.17) is 9.84 Å². The van der Waals surface area contributed by atoms with Crippen molar-refractivity contribution in [2.45, 2.75) is 31.9 Å². The molecule has 0 radical (unpaired) electrons. The van der Waals surface area contributed by atoms with Crippen molar-refractivity contribution < 1.29 is 13.9 Å². The number of para-hydroxylation sites is 1. The Morgan fingerprint density at radius 3 is 3.00 bits per heavy atom. The van der Waals surface area contributed by atoms with Crippen molar-refractivity contribution in [3.63, 3.8) is 0 Å². The number of ether oxygens (including phenoxy) is 1. The lowest BCUT2D eigenvalue weighted by Crippen LogP contribution is -2.38. The van der Waals surface area contributed by atoms with Crippen LogP contribution in [0.25, 0.3) is 11.2 Å². The Kier molecular flexibility index (Phi) is 5.66. The molecule has 2 N–H and O–H groups in total. The van der Waals surface area contributed by atoms with Crippen LogP contribution in [0.5, 0.6) is 5.75 Å². The summed E-state index contributed by atoms with van der Waals surface area (Å²) in [5.41, 5.74) is 2.46. The zero-order valence-corrected chi connectivity index (χ0v) is 16.1. The molecule has 152 valence electrons. The molecule has 0 aliphatic carbocycles. The Balaban J connectivity index is 1.38. The highest BCUT2D eigenvalue weighted by molar-refractivity contribution is 5.80. The fourth-order valence-corrected chi connectivity index (χ4v) is 3.46. The highest BCUT2D eigenvalue weighted by Crippen LogP contribution is 2.26. The monoisotopic (exact) mass is 398 g/mol. The van der Waals surface area contributed by atoms with E-state index in [1.807, 2.05) is 0 Å². The van der Waals surface area contributed by atoms with E-state index in [1.165, 1.54) is 12.1 Å². The average molecular weight is 398 g/mol. The maximum Gasteiger partial charge on any atom is 0.260 e. The first-order valence-corrected chi connectivity index (χ1v) is 9.70. The van der Waals surface area contributed by atoms with E-state index >= 15 is 0 Å². The van der Waals surface area contributed by atoms with Gasteiger partial charge in [0, 0.05) is 31.4 Å². The molecular weight excluding hydrogens is 375 g/mol. The van der Waals surface area contributed by atoms with Gasteiger partial charge in [0.1, 0.15) is 5.52 Å². The van der Waals surface area contributed by atoms with Crippen molar-refractivity contribution in [3.05, 3.63) is 48.2 Å². The predicted molar refractivity (Wildman–Crippen MR) is 105 cm³/mol. The van der Waals surface area contributed by atoms with Gasteiger partial charge >= 0.3 is 0 Å². The average Bonchev–Trinajstić information content (AvgIpc) is 3.38. The number of aromatic nitrogens is 4. The van der Waals surface area contributed by atoms with E-state index in [9.17, 15) is 9.18 Å². The van der Waals surface area contributed by atoms with Gasteiger partial charge in [0.25, 0.3) is 5.91 Å². The lowest BCUT2D eigenvalue weighted by Gasteiger charge is -2.15. The predicted octanol–water partition coefficient (Wildman–Crippen LogP) is 1.63. The molecule has 2 atom stereocenters. The van der Waals surface area contributed by atoms with Gasteiger partial charge in [-0.1, -0.05) is 12.1 Å². The molecule has 3 aromatic rings. The number of nitrogens with one attached hydrogen (secondary N) is 2. The summed E-state index contributed by atoms with van der Waals surface area (Å²) in [6, 6.07) is 6.01. The van der Waals surface area contributed by atoms with Crippen LogP contribution in [0, 0.1) is 5.82 Å². The first-order chi connectivity index (χ1) is 14.1. The quantitative estimate of drug-likeness (QED) is 0.628. The summed E-state index contributed by atoms with van der Waals surface area (Å²) in [4.78, 5) is 21.2. The van der Waals surface area contributed by atoms with Crippen LogP contribution in [0.4, 0.5) is 4.39 Å². The molecule has 0 spiro atoms. The van der Waals surface area contributed by atoms with Crippen LogP contribution in [-0.4, -0.2) is 51.4 Å². The highest BCUT2D eigenvalue weighted by atomic mass is 19.1. The maximum atomic E-state index is 13.7. The van der Waals surface area contributed by atoms with E-state index in [-0.39, 0.29) is 11.7 Å². The van der Waals surface area contributed by atoms with Crippen LogP contribution >= 0.6 is 0 Å². The summed E-state index contributed by atoms with van der Waals surface area (Å²) in [7, 11) is 0. The standard InChI is InChI=1S/C20H23FN6O2/c1-13(29-16-5-3-2-4-15(16)21)20(28)25-10-11-27-19-18(23-8-9-24-19)17(26-27)14-6-7-22-12-14/h2-5,8-9,13-14,22H,6-7,10-12H2,1H3,(H,25,28). The molecule has 8 nitrogen and oxygen atoms in total. The van der Waals surface area contributed by atoms with Gasteiger partial charge in [0.15, 0.2) is 23.3 Å². The Hall–Kier alpha value is -3.07. The molecular formula is C20H23FN6O2. The molecule has 2 unspecified atom stereocenters. The maximum absolute atomic E-state index is 13.7. The van der Waals surface area contributed by atoms with Crippen molar-refractivity contribution in [2.75, 3.05) is 19.6 Å². The summed E-state index contributed by atoms with van der Waals surface area (Å²) >= 11 is 0. The number of hydrogen-bond acceptors (Lipinski definition) is 6. The third kappa shape index (κ3) is 4.19. The Labute approximate surface area is 167 Å². The molecule has 9 heteroatoms. The SMILES string of the molecule is CC(Oc1ccccc1F)C(=O)NCCn1nc(C2CCNC2)c2nccnc21. The number of hydrogen-bond donors (Lipinski definition) is 2. The number of fused-ring (bicyclic) bond motifs is 1. The number of nitrogens with zero attached hydrogens (tertiary/aromatic N) is 4. The van der Waals surface area contributed by atoms with Gasteiger partial charge in [-0.05, 0) is 32.0 Å². The number of carbonyl (C=O) groups excluding carboxylic acids is 1. The summed E-state index contributed by atoms with van der Waals surface area (Å²) in [6.45, 7) is 4.23. The smallest absolute Gasteiger partial charge is 0.260 e. The van der Waals surface area contributed by atoms with Crippen LogP contribution in [0.2, 0.25) is 0 Å². The number of amides is 1. The molecule has 0 saturated carbocycles. The number of halogens is 1. The molecule has 1 aliphatic heterocycles. The Morgan fingerprint density at radius 2 is 2.21 bits per heavy atom. The summed E-state index contributed by atoms with van der Waals surface area (Å²) in [5, 5.41) is 10.9. The third-order valence-corrected chi connectivity index (χ3v) is 4.97. The van der Waals surface area contributed by atoms with Crippen LogP contribution in [0.3, 0.4) is 0 Å². The Bertz CT molecular complexity index is 1000. The van der Waals surface area contributed by atoms with Crippen LogP contribution < -0.4 is 15.4 Å². The normalized spacial score (nSPS) is 17.4. The molecule has 1 aromatic carbocycles. The van der Waals surface area contributed by atoms with Gasteiger partial charge in [-0.25, -0.2) is 19.0 Å². The second-order valence-corrected chi connectivity index (χ2v) is 7.01. The van der Waals surface area contributed by atoms with Gasteiger partial charge < -0.3 is 15.4 Å². The number of benzene rings is 1. The zero-order chi connectivity index (χ0) is 20.2. The van der Waals surface area contributed by atoms with E-state index in [0.717, 1.165) is 30.7 Å². The van der Waals surface area contributed by atoms with Gasteiger partial charge in [-0.15, -0.1) is 0 Å². The third-order valence-electron chi connectivity index (χ3n) is 4.97. The van der Waals surface area contributed by atoms with E-state index in [1.54, 1.807) is 36.1 Å². The molecule has 4 rings (SSSR count).